The third-order valence-electron chi connectivity index (χ3n) is 2.17. The molecule has 1 fully saturated rings. The molecule has 1 saturated heterocycles. The third kappa shape index (κ3) is 2.98. The number of ether oxygens (including phenoxy) is 1. The Morgan fingerprint density at radius 2 is 2.00 bits per heavy atom. The van der Waals surface area contributed by atoms with E-state index in [2.05, 4.69) is 4.52 Å². The maximum Gasteiger partial charge on any atom is 0.330 e. The molecule has 1 rings (SSSR count). The van der Waals surface area contributed by atoms with E-state index in [-0.39, 0.29) is 6.16 Å². The molecule has 0 bridgehead atoms. The molecule has 0 aromatic carbocycles. The Morgan fingerprint density at radius 1 is 1.40 bits per heavy atom. The number of hydrogen-bond donors (Lipinski definition) is 4. The maximum absolute atomic E-state index is 11.2. The molecule has 15 heavy (non-hydrogen) atoms. The highest BCUT2D eigenvalue weighted by Gasteiger charge is 2.45. The van der Waals surface area contributed by atoms with E-state index in [4.69, 9.17) is 14.7 Å². The van der Waals surface area contributed by atoms with Gasteiger partial charge in [-0.1, -0.05) is 6.92 Å². The van der Waals surface area contributed by atoms with Crippen molar-refractivity contribution in [2.45, 2.75) is 31.5 Å². The fourth-order valence-corrected chi connectivity index (χ4v) is 1.84. The zero-order valence-corrected chi connectivity index (χ0v) is 9.08. The Morgan fingerprint density at radius 3 is 2.40 bits per heavy atom. The van der Waals surface area contributed by atoms with Gasteiger partial charge in [-0.15, -0.1) is 0 Å². The number of rotatable bonds is 4. The predicted molar refractivity (Wildman–Crippen MR) is 49.2 cm³/mol. The van der Waals surface area contributed by atoms with Crippen LogP contribution in [0.15, 0.2) is 0 Å². The van der Waals surface area contributed by atoms with E-state index >= 15 is 0 Å². The first-order valence-corrected chi connectivity index (χ1v) is 6.30. The van der Waals surface area contributed by atoms with Crippen LogP contribution >= 0.6 is 7.60 Å². The van der Waals surface area contributed by atoms with Gasteiger partial charge in [-0.25, -0.2) is 0 Å². The molecule has 0 radical (unpaired) electrons. The van der Waals surface area contributed by atoms with E-state index < -0.39 is 38.8 Å². The minimum absolute atomic E-state index is 0.126. The highest BCUT2D eigenvalue weighted by atomic mass is 31.2. The van der Waals surface area contributed by atoms with Crippen LogP contribution < -0.4 is 0 Å². The van der Waals surface area contributed by atoms with Crippen molar-refractivity contribution in [3.63, 3.8) is 0 Å². The molecule has 5 atom stereocenters. The third-order valence-corrected chi connectivity index (χ3v) is 3.50. The molecule has 0 saturated carbocycles. The Kier molecular flexibility index (Phi) is 4.25. The molecular formula is C7H15O7P. The molecule has 0 aromatic rings. The lowest BCUT2D eigenvalue weighted by Gasteiger charge is -2.18. The van der Waals surface area contributed by atoms with Crippen LogP contribution in [-0.4, -0.2) is 57.6 Å². The summed E-state index contributed by atoms with van der Waals surface area (Å²) in [6.07, 6.45) is -5.26. The van der Waals surface area contributed by atoms with Crippen molar-refractivity contribution in [3.05, 3.63) is 0 Å². The quantitative estimate of drug-likeness (QED) is 0.450. The highest BCUT2D eigenvalue weighted by molar-refractivity contribution is 7.52. The summed E-state index contributed by atoms with van der Waals surface area (Å²) in [6.45, 7) is 0.946. The first-order chi connectivity index (χ1) is 6.91. The fourth-order valence-electron chi connectivity index (χ4n) is 1.19. The lowest BCUT2D eigenvalue weighted by molar-refractivity contribution is -0.120. The Hall–Kier alpha value is -0.0100. The summed E-state index contributed by atoms with van der Waals surface area (Å²) in [4.78, 5) is 9.14. The molecule has 8 heteroatoms. The van der Waals surface area contributed by atoms with Gasteiger partial charge in [0.05, 0.1) is 6.61 Å². The summed E-state index contributed by atoms with van der Waals surface area (Å²) < 4.78 is 20.7. The van der Waals surface area contributed by atoms with Crippen LogP contribution in [0.25, 0.3) is 0 Å². The first-order valence-electron chi connectivity index (χ1n) is 4.54. The van der Waals surface area contributed by atoms with Crippen LogP contribution in [0, 0.1) is 0 Å². The van der Waals surface area contributed by atoms with E-state index in [1.807, 2.05) is 0 Å². The molecule has 0 amide bonds. The maximum atomic E-state index is 11.2. The van der Waals surface area contributed by atoms with Gasteiger partial charge >= 0.3 is 7.60 Å². The molecule has 0 aromatic heterocycles. The van der Waals surface area contributed by atoms with E-state index in [1.54, 1.807) is 0 Å². The predicted octanol–water partition coefficient (Wildman–Crippen LogP) is -1.35. The molecule has 0 aliphatic carbocycles. The van der Waals surface area contributed by atoms with Crippen molar-refractivity contribution < 1.29 is 34.0 Å². The normalized spacial score (nSPS) is 40.3. The summed E-state index contributed by atoms with van der Waals surface area (Å²) in [7, 11) is -3.80. The largest absolute Gasteiger partial charge is 0.394 e. The van der Waals surface area contributed by atoms with Gasteiger partial charge in [0.1, 0.15) is 18.3 Å². The van der Waals surface area contributed by atoms with Gasteiger partial charge in [0, 0.05) is 6.16 Å². The molecule has 4 N–H and O–H groups in total. The van der Waals surface area contributed by atoms with E-state index in [1.165, 1.54) is 6.92 Å². The van der Waals surface area contributed by atoms with Crippen LogP contribution in [0.2, 0.25) is 0 Å². The van der Waals surface area contributed by atoms with E-state index in [9.17, 15) is 14.8 Å². The van der Waals surface area contributed by atoms with Crippen molar-refractivity contribution >= 4 is 7.60 Å². The Bertz CT molecular complexity index is 258. The van der Waals surface area contributed by atoms with Crippen LogP contribution in [0.1, 0.15) is 6.92 Å². The standard InChI is InChI=1S/C7H15O7P/c1-2-15(11,12)14-7-6(10)5(9)4(3-8)13-7/h4-10H,2-3H2,1H3,(H,11,12)/t4-,5-,6-,7-/m1/s1. The molecule has 1 aliphatic heterocycles. The zero-order chi connectivity index (χ0) is 11.6. The SMILES string of the molecule is CCP(=O)(O)O[C@H]1O[C@H](CO)[C@@H](O)[C@H]1O. The van der Waals surface area contributed by atoms with Gasteiger partial charge in [0.15, 0.2) is 6.29 Å². The van der Waals surface area contributed by atoms with Gasteiger partial charge < -0.3 is 24.9 Å². The van der Waals surface area contributed by atoms with Gasteiger partial charge in [-0.2, -0.15) is 0 Å². The zero-order valence-electron chi connectivity index (χ0n) is 8.18. The average Bonchev–Trinajstić information content (AvgIpc) is 2.45. The molecule has 90 valence electrons. The minimum atomic E-state index is -3.80. The lowest BCUT2D eigenvalue weighted by atomic mass is 10.1. The molecule has 1 aliphatic rings. The van der Waals surface area contributed by atoms with Gasteiger partial charge in [0.25, 0.3) is 0 Å². The lowest BCUT2D eigenvalue weighted by Crippen LogP contribution is -2.34. The first kappa shape index (κ1) is 13.1. The molecule has 1 heterocycles. The van der Waals surface area contributed by atoms with Crippen molar-refractivity contribution in [1.29, 1.82) is 0 Å². The topological polar surface area (TPSA) is 116 Å². The smallest absolute Gasteiger partial charge is 0.330 e. The average molecular weight is 242 g/mol. The van der Waals surface area contributed by atoms with Gasteiger partial charge in [-0.3, -0.25) is 9.09 Å². The number of aliphatic hydroxyl groups is 3. The summed E-state index contributed by atoms with van der Waals surface area (Å²) in [5, 5.41) is 27.4. The van der Waals surface area contributed by atoms with Crippen molar-refractivity contribution in [3.8, 4) is 0 Å². The second kappa shape index (κ2) is 4.88. The van der Waals surface area contributed by atoms with Crippen molar-refractivity contribution in [2.75, 3.05) is 12.8 Å². The summed E-state index contributed by atoms with van der Waals surface area (Å²) >= 11 is 0. The number of hydrogen-bond acceptors (Lipinski definition) is 6. The van der Waals surface area contributed by atoms with Crippen LogP contribution in [0.5, 0.6) is 0 Å². The minimum Gasteiger partial charge on any atom is -0.394 e. The highest BCUT2D eigenvalue weighted by Crippen LogP contribution is 2.44. The Labute approximate surface area is 86.8 Å². The van der Waals surface area contributed by atoms with E-state index in [0.29, 0.717) is 0 Å². The summed E-state index contributed by atoms with van der Waals surface area (Å²) in [6, 6.07) is 0. The number of aliphatic hydroxyl groups excluding tert-OH is 3. The summed E-state index contributed by atoms with van der Waals surface area (Å²) in [5.74, 6) is 0. The van der Waals surface area contributed by atoms with Gasteiger partial charge in [-0.05, 0) is 0 Å². The van der Waals surface area contributed by atoms with Gasteiger partial charge in [0.2, 0.25) is 0 Å². The molecule has 0 spiro atoms. The van der Waals surface area contributed by atoms with Crippen LogP contribution in [0.3, 0.4) is 0 Å². The second-order valence-electron chi connectivity index (χ2n) is 3.27. The molecule has 1 unspecified atom stereocenters. The fraction of sp³-hybridized carbons (Fsp3) is 1.00. The van der Waals surface area contributed by atoms with Crippen LogP contribution in [0.4, 0.5) is 0 Å². The van der Waals surface area contributed by atoms with Crippen molar-refractivity contribution in [2.24, 2.45) is 0 Å². The monoisotopic (exact) mass is 242 g/mol. The molecular weight excluding hydrogens is 227 g/mol. The Balaban J connectivity index is 2.62. The second-order valence-corrected chi connectivity index (χ2v) is 5.38. The summed E-state index contributed by atoms with van der Waals surface area (Å²) in [5.41, 5.74) is 0. The van der Waals surface area contributed by atoms with Crippen LogP contribution in [-0.2, 0) is 13.8 Å². The van der Waals surface area contributed by atoms with Crippen molar-refractivity contribution in [1.82, 2.24) is 0 Å². The molecule has 7 nitrogen and oxygen atoms in total. The van der Waals surface area contributed by atoms with E-state index in [0.717, 1.165) is 0 Å².